The van der Waals surface area contributed by atoms with Gasteiger partial charge < -0.3 is 10.1 Å². The summed E-state index contributed by atoms with van der Waals surface area (Å²) in [5.41, 5.74) is 3.43. The Labute approximate surface area is 172 Å². The summed E-state index contributed by atoms with van der Waals surface area (Å²) in [6.07, 6.45) is 3.72. The molecule has 3 rings (SSSR count). The quantitative estimate of drug-likeness (QED) is 0.733. The molecule has 1 saturated heterocycles. The van der Waals surface area contributed by atoms with Crippen molar-refractivity contribution >= 4 is 17.5 Å². The second-order valence-corrected chi connectivity index (χ2v) is 7.93. The predicted octanol–water partition coefficient (Wildman–Crippen LogP) is 4.68. The van der Waals surface area contributed by atoms with Gasteiger partial charge in [-0.3, -0.25) is 9.69 Å². The molecule has 0 radical (unpaired) electrons. The molecule has 2 aromatic rings. The monoisotopic (exact) mass is 400 g/mol. The number of carbonyl (C=O) groups excluding carboxylic acids is 1. The lowest BCUT2D eigenvalue weighted by atomic mass is 10.0. The smallest absolute Gasteiger partial charge is 0.258 e. The van der Waals surface area contributed by atoms with Crippen molar-refractivity contribution in [1.29, 1.82) is 0 Å². The van der Waals surface area contributed by atoms with E-state index in [1.54, 1.807) is 12.1 Å². The Morgan fingerprint density at radius 1 is 1.11 bits per heavy atom. The number of benzene rings is 2. The molecule has 0 unspecified atom stereocenters. The average Bonchev–Trinajstić information content (AvgIpc) is 2.71. The van der Waals surface area contributed by atoms with Crippen molar-refractivity contribution in [2.45, 2.75) is 39.2 Å². The molecule has 2 aromatic carbocycles. The van der Waals surface area contributed by atoms with Gasteiger partial charge in [0.15, 0.2) is 6.61 Å². The highest BCUT2D eigenvalue weighted by Gasteiger charge is 2.22. The fraction of sp³-hybridized carbons (Fsp3) is 0.435. The summed E-state index contributed by atoms with van der Waals surface area (Å²) >= 11 is 6.03. The molecule has 0 spiro atoms. The van der Waals surface area contributed by atoms with E-state index in [1.165, 1.54) is 30.4 Å². The van der Waals surface area contributed by atoms with Crippen LogP contribution in [0.2, 0.25) is 5.02 Å². The number of likely N-dealkylation sites (tertiary alicyclic amines) is 1. The van der Waals surface area contributed by atoms with Crippen molar-refractivity contribution in [1.82, 2.24) is 10.2 Å². The Hall–Kier alpha value is -2.04. The number of rotatable bonds is 7. The molecular weight excluding hydrogens is 372 g/mol. The lowest BCUT2D eigenvalue weighted by Crippen LogP contribution is -2.41. The van der Waals surface area contributed by atoms with E-state index >= 15 is 0 Å². The molecule has 1 aliphatic rings. The van der Waals surface area contributed by atoms with Crippen molar-refractivity contribution in [2.24, 2.45) is 0 Å². The van der Waals surface area contributed by atoms with E-state index in [2.05, 4.69) is 41.4 Å². The van der Waals surface area contributed by atoms with Crippen LogP contribution < -0.4 is 10.1 Å². The number of nitrogens with one attached hydrogen (secondary N) is 1. The van der Waals surface area contributed by atoms with E-state index in [9.17, 15) is 4.79 Å². The molecule has 5 heteroatoms. The molecule has 0 aliphatic carbocycles. The first-order chi connectivity index (χ1) is 13.5. The molecule has 28 heavy (non-hydrogen) atoms. The van der Waals surface area contributed by atoms with Gasteiger partial charge in [-0.2, -0.15) is 0 Å². The van der Waals surface area contributed by atoms with Crippen LogP contribution in [0.15, 0.2) is 42.5 Å². The topological polar surface area (TPSA) is 41.6 Å². The zero-order chi connectivity index (χ0) is 19.9. The van der Waals surface area contributed by atoms with Gasteiger partial charge in [0, 0.05) is 11.6 Å². The van der Waals surface area contributed by atoms with E-state index in [4.69, 9.17) is 16.3 Å². The normalized spacial score (nSPS) is 15.8. The minimum absolute atomic E-state index is 0.00168. The third-order valence-electron chi connectivity index (χ3n) is 5.29. The number of halogens is 1. The Bertz CT molecular complexity index is 786. The molecule has 150 valence electrons. The van der Waals surface area contributed by atoms with Gasteiger partial charge in [0.05, 0.1) is 6.04 Å². The maximum Gasteiger partial charge on any atom is 0.258 e. The molecule has 0 aromatic heterocycles. The highest BCUT2D eigenvalue weighted by atomic mass is 35.5. The number of ether oxygens (including phenoxy) is 1. The van der Waals surface area contributed by atoms with Gasteiger partial charge >= 0.3 is 0 Å². The second kappa shape index (κ2) is 9.94. The third-order valence-corrected chi connectivity index (χ3v) is 5.71. The second-order valence-electron chi connectivity index (χ2n) is 7.53. The molecule has 0 saturated carbocycles. The molecule has 1 heterocycles. The zero-order valence-corrected chi connectivity index (χ0v) is 17.5. The van der Waals surface area contributed by atoms with Crippen molar-refractivity contribution in [3.05, 3.63) is 64.2 Å². The third kappa shape index (κ3) is 5.73. The van der Waals surface area contributed by atoms with Gasteiger partial charge in [0.25, 0.3) is 5.91 Å². The van der Waals surface area contributed by atoms with E-state index in [0.29, 0.717) is 17.3 Å². The van der Waals surface area contributed by atoms with E-state index in [-0.39, 0.29) is 18.6 Å². The Morgan fingerprint density at radius 3 is 2.50 bits per heavy atom. The summed E-state index contributed by atoms with van der Waals surface area (Å²) < 4.78 is 5.62. The Kier molecular flexibility index (Phi) is 7.35. The van der Waals surface area contributed by atoms with Crippen LogP contribution >= 0.6 is 11.6 Å². The van der Waals surface area contributed by atoms with E-state index < -0.39 is 0 Å². The number of hydrogen-bond donors (Lipinski definition) is 1. The minimum atomic E-state index is -0.110. The number of aryl methyl sites for hydroxylation is 2. The van der Waals surface area contributed by atoms with Crippen LogP contribution in [-0.2, 0) is 4.79 Å². The molecule has 1 N–H and O–H groups in total. The number of amides is 1. The highest BCUT2D eigenvalue weighted by Crippen LogP contribution is 2.25. The lowest BCUT2D eigenvalue weighted by molar-refractivity contribution is -0.123. The molecule has 0 bridgehead atoms. The summed E-state index contributed by atoms with van der Waals surface area (Å²) in [7, 11) is 0. The van der Waals surface area contributed by atoms with Crippen molar-refractivity contribution in [3.63, 3.8) is 0 Å². The first kappa shape index (κ1) is 20.7. The first-order valence-corrected chi connectivity index (χ1v) is 10.4. The van der Waals surface area contributed by atoms with Crippen molar-refractivity contribution in [3.8, 4) is 5.75 Å². The SMILES string of the molecule is Cc1ccc([C@H](CNC(=O)COc2ccc(Cl)c(C)c2)N2CCCCC2)cc1. The Balaban J connectivity index is 1.58. The van der Waals surface area contributed by atoms with Gasteiger partial charge in [-0.1, -0.05) is 47.9 Å². The van der Waals surface area contributed by atoms with Crippen LogP contribution in [0.5, 0.6) is 5.75 Å². The fourth-order valence-corrected chi connectivity index (χ4v) is 3.71. The molecule has 1 atom stereocenters. The van der Waals surface area contributed by atoms with Gasteiger partial charge in [-0.05, 0) is 69.1 Å². The Morgan fingerprint density at radius 2 is 1.82 bits per heavy atom. The van der Waals surface area contributed by atoms with E-state index in [0.717, 1.165) is 18.7 Å². The largest absolute Gasteiger partial charge is 0.484 e. The maximum atomic E-state index is 12.4. The standard InChI is InChI=1S/C23H29ClN2O2/c1-17-6-8-19(9-7-17)22(26-12-4-3-5-13-26)15-25-23(27)16-28-20-10-11-21(24)18(2)14-20/h6-11,14,22H,3-5,12-13,15-16H2,1-2H3,(H,25,27)/t22-/m0/s1. The van der Waals surface area contributed by atoms with Crippen LogP contribution in [0.4, 0.5) is 0 Å². The van der Waals surface area contributed by atoms with Crippen LogP contribution in [0, 0.1) is 13.8 Å². The lowest BCUT2D eigenvalue weighted by Gasteiger charge is -2.35. The predicted molar refractivity (Wildman–Crippen MR) is 114 cm³/mol. The maximum absolute atomic E-state index is 12.4. The average molecular weight is 401 g/mol. The summed E-state index contributed by atoms with van der Waals surface area (Å²) in [6, 6.07) is 14.2. The summed E-state index contributed by atoms with van der Waals surface area (Å²) in [5, 5.41) is 3.75. The molecular formula is C23H29ClN2O2. The van der Waals surface area contributed by atoms with Crippen LogP contribution in [0.3, 0.4) is 0 Å². The summed E-state index contributed by atoms with van der Waals surface area (Å²) in [5.74, 6) is 0.546. The molecule has 1 amide bonds. The van der Waals surface area contributed by atoms with Gasteiger partial charge in [-0.15, -0.1) is 0 Å². The zero-order valence-electron chi connectivity index (χ0n) is 16.7. The fourth-order valence-electron chi connectivity index (χ4n) is 3.59. The number of hydrogen-bond acceptors (Lipinski definition) is 3. The number of nitrogens with zero attached hydrogens (tertiary/aromatic N) is 1. The van der Waals surface area contributed by atoms with Crippen molar-refractivity contribution < 1.29 is 9.53 Å². The molecule has 1 aliphatic heterocycles. The van der Waals surface area contributed by atoms with Crippen LogP contribution in [0.25, 0.3) is 0 Å². The van der Waals surface area contributed by atoms with Gasteiger partial charge in [0.2, 0.25) is 0 Å². The highest BCUT2D eigenvalue weighted by molar-refractivity contribution is 6.31. The van der Waals surface area contributed by atoms with Gasteiger partial charge in [-0.25, -0.2) is 0 Å². The van der Waals surface area contributed by atoms with Crippen LogP contribution in [0.1, 0.15) is 42.0 Å². The number of carbonyl (C=O) groups is 1. The van der Waals surface area contributed by atoms with Gasteiger partial charge in [0.1, 0.15) is 5.75 Å². The van der Waals surface area contributed by atoms with Crippen LogP contribution in [-0.4, -0.2) is 37.0 Å². The number of piperidine rings is 1. The minimum Gasteiger partial charge on any atom is -0.484 e. The first-order valence-electron chi connectivity index (χ1n) is 9.99. The molecule has 4 nitrogen and oxygen atoms in total. The summed E-state index contributed by atoms with van der Waals surface area (Å²) in [4.78, 5) is 14.8. The van der Waals surface area contributed by atoms with E-state index in [1.807, 2.05) is 13.0 Å². The van der Waals surface area contributed by atoms with Crippen molar-refractivity contribution in [2.75, 3.05) is 26.2 Å². The molecule has 1 fully saturated rings. The summed E-state index contributed by atoms with van der Waals surface area (Å²) in [6.45, 7) is 6.76.